The molecule has 0 N–H and O–H groups in total. The van der Waals surface area contributed by atoms with Crippen molar-refractivity contribution in [3.63, 3.8) is 0 Å². The summed E-state index contributed by atoms with van der Waals surface area (Å²) < 4.78 is 53.6. The van der Waals surface area contributed by atoms with Crippen LogP contribution >= 0.6 is 11.3 Å². The van der Waals surface area contributed by atoms with Crippen molar-refractivity contribution in [2.24, 2.45) is 0 Å². The van der Waals surface area contributed by atoms with Crippen molar-refractivity contribution in [3.05, 3.63) is 206 Å². The Bertz CT molecular complexity index is 4180. The maximum atomic E-state index is 8.78. The molecule has 13 rings (SSSR count). The summed E-state index contributed by atoms with van der Waals surface area (Å²) in [4.78, 5) is 15.9. The van der Waals surface area contributed by atoms with Crippen LogP contribution in [0.2, 0.25) is 0 Å². The van der Waals surface area contributed by atoms with Crippen LogP contribution in [0, 0.1) is 0 Å². The topological polar surface area (TPSA) is 56.7 Å². The summed E-state index contributed by atoms with van der Waals surface area (Å²) >= 11 is 1.77. The molecule has 4 heterocycles. The zero-order chi connectivity index (χ0) is 45.8. The third-order valence-electron chi connectivity index (χ3n) is 12.0. The lowest BCUT2D eigenvalue weighted by Gasteiger charge is -2.12. The van der Waals surface area contributed by atoms with E-state index in [4.69, 9.17) is 26.2 Å². The third-order valence-corrected chi connectivity index (χ3v) is 13.1. The molecule has 0 radical (unpaired) electrons. The van der Waals surface area contributed by atoms with E-state index in [0.717, 1.165) is 70.5 Å². The smallest absolute Gasteiger partial charge is 0.238 e. The number of furan rings is 1. The summed E-state index contributed by atoms with van der Waals surface area (Å²) in [6.45, 7) is 0. The van der Waals surface area contributed by atoms with Gasteiger partial charge in [-0.05, 0) is 75.8 Å². The average Bonchev–Trinajstić information content (AvgIpc) is 4.07. The second-order valence-electron chi connectivity index (χ2n) is 15.6. The van der Waals surface area contributed by atoms with Gasteiger partial charge in [-0.1, -0.05) is 164 Å². The molecule has 0 spiro atoms. The van der Waals surface area contributed by atoms with Gasteiger partial charge in [0, 0.05) is 52.8 Å². The number of hydrogen-bond acceptors (Lipinski definition) is 5. The predicted octanol–water partition coefficient (Wildman–Crippen LogP) is 15.6. The Balaban J connectivity index is 1.07. The van der Waals surface area contributed by atoms with Crippen LogP contribution in [0.15, 0.2) is 211 Å². The molecule has 0 aliphatic rings. The first kappa shape index (κ1) is 30.8. The number of aromatic nitrogens is 4. The van der Waals surface area contributed by atoms with Gasteiger partial charge in [0.15, 0.2) is 11.6 Å². The average molecular weight is 828 g/mol. The highest BCUT2D eigenvalue weighted by molar-refractivity contribution is 7.26. The summed E-state index contributed by atoms with van der Waals surface area (Å²) in [6, 6.07) is 57.9. The van der Waals surface area contributed by atoms with Crippen molar-refractivity contribution >= 4 is 75.3 Å². The van der Waals surface area contributed by atoms with Crippen molar-refractivity contribution in [1.29, 1.82) is 0 Å². The van der Waals surface area contributed by atoms with Crippen LogP contribution in [-0.4, -0.2) is 19.5 Å². The molecule has 0 aliphatic heterocycles. The lowest BCUT2D eigenvalue weighted by atomic mass is 9.99. The van der Waals surface area contributed by atoms with Crippen LogP contribution in [0.4, 0.5) is 0 Å². The first-order valence-electron chi connectivity index (χ1n) is 23.2. The molecule has 294 valence electrons. The maximum absolute atomic E-state index is 8.78. The predicted molar refractivity (Wildman–Crippen MR) is 262 cm³/mol. The zero-order valence-corrected chi connectivity index (χ0v) is 34.2. The van der Waals surface area contributed by atoms with E-state index in [2.05, 4.69) is 120 Å². The Morgan fingerprint density at radius 2 is 1.10 bits per heavy atom. The maximum Gasteiger partial charge on any atom is 0.238 e. The van der Waals surface area contributed by atoms with Crippen LogP contribution in [0.1, 0.15) is 6.85 Å². The molecule has 0 saturated carbocycles. The van der Waals surface area contributed by atoms with Gasteiger partial charge in [0.05, 0.1) is 17.9 Å². The Morgan fingerprint density at radius 3 is 1.90 bits per heavy atom. The van der Waals surface area contributed by atoms with E-state index in [1.807, 2.05) is 48.5 Å². The van der Waals surface area contributed by atoms with E-state index >= 15 is 0 Å². The third kappa shape index (κ3) is 5.80. The fraction of sp³-hybridized carbons (Fsp3) is 0. The number of fused-ring (bicyclic) bond motifs is 10. The standard InChI is InChI=1S/C57H34N4OS/c1-4-13-35(14-5-1)37-23-25-39(26-24-37)55-58-56(41-27-29-44-49(34-41)62-48-21-12-20-42(52(44)48)38-17-8-3-9-18-38)60-57(59-55)61-47-31-28-40(36-15-6-2-7-16-36)33-46(47)43-30-32-51-53(54(43)61)45-19-10-11-22-50(45)63-51/h1-34H/i3D,8D,9D,17D,18D. The van der Waals surface area contributed by atoms with Gasteiger partial charge in [0.1, 0.15) is 11.2 Å². The number of hydrogen-bond donors (Lipinski definition) is 0. The van der Waals surface area contributed by atoms with E-state index in [1.54, 1.807) is 23.5 Å². The summed E-state index contributed by atoms with van der Waals surface area (Å²) in [7, 11) is 0. The molecule has 0 amide bonds. The molecular formula is C57H34N4OS. The van der Waals surface area contributed by atoms with Gasteiger partial charge in [-0.15, -0.1) is 11.3 Å². The zero-order valence-electron chi connectivity index (χ0n) is 38.3. The molecule has 13 aromatic rings. The molecule has 5 nitrogen and oxygen atoms in total. The largest absolute Gasteiger partial charge is 0.456 e. The van der Waals surface area contributed by atoms with Crippen molar-refractivity contribution in [1.82, 2.24) is 19.5 Å². The molecule has 6 heteroatoms. The van der Waals surface area contributed by atoms with Crippen molar-refractivity contribution in [2.75, 3.05) is 0 Å². The minimum absolute atomic E-state index is 0.119. The highest BCUT2D eigenvalue weighted by Crippen LogP contribution is 2.44. The lowest BCUT2D eigenvalue weighted by molar-refractivity contribution is 0.669. The second-order valence-corrected chi connectivity index (χ2v) is 16.7. The Labute approximate surface area is 372 Å². The van der Waals surface area contributed by atoms with E-state index in [1.165, 1.54) is 4.70 Å². The van der Waals surface area contributed by atoms with Gasteiger partial charge in [0.2, 0.25) is 5.95 Å². The van der Waals surface area contributed by atoms with E-state index in [9.17, 15) is 0 Å². The van der Waals surface area contributed by atoms with Gasteiger partial charge in [0.25, 0.3) is 0 Å². The van der Waals surface area contributed by atoms with Crippen molar-refractivity contribution < 1.29 is 11.3 Å². The first-order chi connectivity index (χ1) is 33.3. The fourth-order valence-electron chi connectivity index (χ4n) is 9.06. The van der Waals surface area contributed by atoms with Gasteiger partial charge in [-0.25, -0.2) is 4.98 Å². The molecule has 0 saturated heterocycles. The lowest BCUT2D eigenvalue weighted by Crippen LogP contribution is -2.06. The Morgan fingerprint density at radius 1 is 0.429 bits per heavy atom. The van der Waals surface area contributed by atoms with Gasteiger partial charge in [-0.3, -0.25) is 4.57 Å². The number of benzene rings is 9. The first-order valence-corrected chi connectivity index (χ1v) is 21.5. The van der Waals surface area contributed by atoms with E-state index in [-0.39, 0.29) is 17.6 Å². The van der Waals surface area contributed by atoms with Crippen molar-refractivity contribution in [2.45, 2.75) is 0 Å². The molecule has 0 bridgehead atoms. The van der Waals surface area contributed by atoms with Crippen LogP contribution in [-0.2, 0) is 0 Å². The number of thiophene rings is 1. The van der Waals surface area contributed by atoms with E-state index in [0.29, 0.717) is 45.3 Å². The van der Waals surface area contributed by atoms with E-state index < -0.39 is 18.1 Å². The Hall–Kier alpha value is -8.19. The molecule has 0 atom stereocenters. The molecule has 0 aliphatic carbocycles. The number of rotatable bonds is 6. The summed E-state index contributed by atoms with van der Waals surface area (Å²) in [5.74, 6) is 1.39. The highest BCUT2D eigenvalue weighted by atomic mass is 32.1. The fourth-order valence-corrected chi connectivity index (χ4v) is 10.2. The monoisotopic (exact) mass is 827 g/mol. The summed E-state index contributed by atoms with van der Waals surface area (Å²) in [6.07, 6.45) is 0. The van der Waals surface area contributed by atoms with Crippen LogP contribution in [0.25, 0.3) is 126 Å². The summed E-state index contributed by atoms with van der Waals surface area (Å²) in [5.41, 5.74) is 9.55. The van der Waals surface area contributed by atoms with Gasteiger partial charge >= 0.3 is 0 Å². The molecule has 0 fully saturated rings. The van der Waals surface area contributed by atoms with Crippen LogP contribution < -0.4 is 0 Å². The van der Waals surface area contributed by atoms with Gasteiger partial charge in [-0.2, -0.15) is 9.97 Å². The van der Waals surface area contributed by atoms with Crippen LogP contribution in [0.3, 0.4) is 0 Å². The molecule has 63 heavy (non-hydrogen) atoms. The molecule has 9 aromatic carbocycles. The SMILES string of the molecule is [2H]c1c([2H])c([2H])c(-c2cccc3oc4cc(-c5nc(-c6ccc(-c7ccccc7)cc6)nc(-n6c7ccc(-c8ccccc8)cc7c7ccc8sc9ccccc9c8c76)n5)ccc4c23)c([2H])c1[2H]. The quantitative estimate of drug-likeness (QED) is 0.168. The van der Waals surface area contributed by atoms with Crippen molar-refractivity contribution in [3.8, 4) is 62.1 Å². The van der Waals surface area contributed by atoms with Crippen LogP contribution in [0.5, 0.6) is 0 Å². The van der Waals surface area contributed by atoms with Gasteiger partial charge < -0.3 is 4.42 Å². The minimum atomic E-state index is -0.438. The second kappa shape index (κ2) is 14.2. The normalized spacial score (nSPS) is 12.9. The molecule has 0 unspecified atom stereocenters. The number of nitrogens with zero attached hydrogens (tertiary/aromatic N) is 4. The minimum Gasteiger partial charge on any atom is -0.456 e. The summed E-state index contributed by atoms with van der Waals surface area (Å²) in [5, 5.41) is 5.83. The highest BCUT2D eigenvalue weighted by Gasteiger charge is 2.23. The molecular weight excluding hydrogens is 789 g/mol. The molecule has 4 aromatic heterocycles. The Kier molecular flexibility index (Phi) is 6.94.